The van der Waals surface area contributed by atoms with Crippen molar-refractivity contribution in [3.63, 3.8) is 0 Å². The molecule has 0 fully saturated rings. The van der Waals surface area contributed by atoms with Gasteiger partial charge in [-0.1, -0.05) is 25.1 Å². The second-order valence-corrected chi connectivity index (χ2v) is 6.80. The summed E-state index contributed by atoms with van der Waals surface area (Å²) in [6, 6.07) is 6.74. The number of benzene rings is 1. The number of hydrogen-bond donors (Lipinski definition) is 1. The van der Waals surface area contributed by atoms with Gasteiger partial charge in [0.1, 0.15) is 0 Å². The number of fused-ring (bicyclic) bond motifs is 1. The number of carbonyl (C=O) groups excluding carboxylic acids is 2. The van der Waals surface area contributed by atoms with Crippen LogP contribution in [0.1, 0.15) is 44.6 Å². The summed E-state index contributed by atoms with van der Waals surface area (Å²) in [5.74, 6) is -1.13. The van der Waals surface area contributed by atoms with Crippen molar-refractivity contribution in [3.05, 3.63) is 40.3 Å². The van der Waals surface area contributed by atoms with E-state index in [1.807, 2.05) is 27.7 Å². The minimum absolute atomic E-state index is 0.0345. The number of nitrogens with zero attached hydrogens (tertiary/aromatic N) is 2. The van der Waals surface area contributed by atoms with Gasteiger partial charge < -0.3 is 10.1 Å². The summed E-state index contributed by atoms with van der Waals surface area (Å²) in [4.78, 5) is 36.6. The molecule has 134 valence electrons. The molecule has 2 aromatic rings. The largest absolute Gasteiger partial charge is 0.451 e. The summed E-state index contributed by atoms with van der Waals surface area (Å²) < 4.78 is 6.35. The quantitative estimate of drug-likeness (QED) is 0.836. The third-order valence-corrected chi connectivity index (χ3v) is 3.35. The number of ether oxygens (including phenoxy) is 1. The van der Waals surface area contributed by atoms with Crippen LogP contribution >= 0.6 is 0 Å². The van der Waals surface area contributed by atoms with Crippen LogP contribution in [-0.2, 0) is 16.1 Å². The van der Waals surface area contributed by atoms with E-state index in [0.29, 0.717) is 23.7 Å². The molecule has 0 spiro atoms. The molecule has 7 heteroatoms. The van der Waals surface area contributed by atoms with E-state index in [1.165, 1.54) is 4.68 Å². The molecule has 1 aromatic heterocycles. The van der Waals surface area contributed by atoms with E-state index in [1.54, 1.807) is 24.3 Å². The Balaban J connectivity index is 2.30. The van der Waals surface area contributed by atoms with Crippen molar-refractivity contribution in [1.29, 1.82) is 0 Å². The lowest BCUT2D eigenvalue weighted by Crippen LogP contribution is -2.42. The standard InChI is InChI=1S/C18H23N3O4/c1-5-10-21-16(23)13-9-7-6-8-12(13)15(20-21)17(24)25-11-14(22)19-18(2,3)4/h6-9H,5,10-11H2,1-4H3,(H,19,22). The molecule has 25 heavy (non-hydrogen) atoms. The van der Waals surface area contributed by atoms with Crippen LogP contribution < -0.4 is 10.9 Å². The lowest BCUT2D eigenvalue weighted by Gasteiger charge is -2.20. The van der Waals surface area contributed by atoms with Gasteiger partial charge in [-0.3, -0.25) is 9.59 Å². The van der Waals surface area contributed by atoms with Crippen LogP contribution in [0.25, 0.3) is 10.8 Å². The maximum Gasteiger partial charge on any atom is 0.359 e. The number of carbonyl (C=O) groups is 2. The number of rotatable bonds is 5. The number of aromatic nitrogens is 2. The third kappa shape index (κ3) is 4.65. The molecule has 0 saturated heterocycles. The molecule has 1 aromatic carbocycles. The average molecular weight is 345 g/mol. The Kier molecular flexibility index (Phi) is 5.56. The van der Waals surface area contributed by atoms with Crippen molar-refractivity contribution in [2.75, 3.05) is 6.61 Å². The molecule has 0 unspecified atom stereocenters. The van der Waals surface area contributed by atoms with E-state index in [4.69, 9.17) is 4.74 Å². The Morgan fingerprint density at radius 3 is 2.44 bits per heavy atom. The minimum Gasteiger partial charge on any atom is -0.451 e. The Morgan fingerprint density at radius 1 is 1.20 bits per heavy atom. The summed E-state index contributed by atoms with van der Waals surface area (Å²) in [6.45, 7) is 7.42. The predicted molar refractivity (Wildman–Crippen MR) is 94.5 cm³/mol. The van der Waals surface area contributed by atoms with Crippen molar-refractivity contribution in [2.45, 2.75) is 46.2 Å². The minimum atomic E-state index is -0.731. The fourth-order valence-corrected chi connectivity index (χ4v) is 2.40. The summed E-state index contributed by atoms with van der Waals surface area (Å²) >= 11 is 0. The Labute approximate surface area is 146 Å². The van der Waals surface area contributed by atoms with Gasteiger partial charge in [0.05, 0.1) is 5.39 Å². The summed E-state index contributed by atoms with van der Waals surface area (Å²) in [5, 5.41) is 7.67. The molecule has 0 bridgehead atoms. The molecule has 1 amide bonds. The van der Waals surface area contributed by atoms with Crippen LogP contribution in [0.2, 0.25) is 0 Å². The lowest BCUT2D eigenvalue weighted by atomic mass is 10.1. The number of aryl methyl sites for hydroxylation is 1. The first-order valence-corrected chi connectivity index (χ1v) is 8.21. The Hall–Kier alpha value is -2.70. The first kappa shape index (κ1) is 18.6. The van der Waals surface area contributed by atoms with Crippen molar-refractivity contribution < 1.29 is 14.3 Å². The maximum absolute atomic E-state index is 12.4. The first-order valence-electron chi connectivity index (χ1n) is 8.21. The van der Waals surface area contributed by atoms with Gasteiger partial charge in [0.15, 0.2) is 12.3 Å². The highest BCUT2D eigenvalue weighted by atomic mass is 16.5. The number of amides is 1. The van der Waals surface area contributed by atoms with Gasteiger partial charge in [-0.15, -0.1) is 0 Å². The fourth-order valence-electron chi connectivity index (χ4n) is 2.40. The van der Waals surface area contributed by atoms with Gasteiger partial charge in [-0.2, -0.15) is 5.10 Å². The van der Waals surface area contributed by atoms with E-state index < -0.39 is 24.0 Å². The summed E-state index contributed by atoms with van der Waals surface area (Å²) in [6.07, 6.45) is 0.702. The van der Waals surface area contributed by atoms with Gasteiger partial charge in [0.25, 0.3) is 11.5 Å². The van der Waals surface area contributed by atoms with Gasteiger partial charge in [0, 0.05) is 17.5 Å². The fraction of sp³-hybridized carbons (Fsp3) is 0.444. The summed E-state index contributed by atoms with van der Waals surface area (Å²) in [7, 11) is 0. The zero-order valence-electron chi connectivity index (χ0n) is 15.0. The van der Waals surface area contributed by atoms with Crippen molar-refractivity contribution in [3.8, 4) is 0 Å². The van der Waals surface area contributed by atoms with Crippen LogP contribution in [0, 0.1) is 0 Å². The molecule has 0 aliphatic carbocycles. The zero-order valence-corrected chi connectivity index (χ0v) is 15.0. The van der Waals surface area contributed by atoms with Crippen LogP contribution in [0.15, 0.2) is 29.1 Å². The van der Waals surface area contributed by atoms with Gasteiger partial charge in [0.2, 0.25) is 0 Å². The molecule has 7 nitrogen and oxygen atoms in total. The molecule has 0 radical (unpaired) electrons. The van der Waals surface area contributed by atoms with E-state index in [9.17, 15) is 14.4 Å². The molecular formula is C18H23N3O4. The van der Waals surface area contributed by atoms with Crippen molar-refractivity contribution in [1.82, 2.24) is 15.1 Å². The predicted octanol–water partition coefficient (Wildman–Crippen LogP) is 1.88. The van der Waals surface area contributed by atoms with E-state index in [2.05, 4.69) is 10.4 Å². The normalized spacial score (nSPS) is 11.4. The highest BCUT2D eigenvalue weighted by Crippen LogP contribution is 2.14. The molecule has 0 aliphatic rings. The molecule has 0 aliphatic heterocycles. The van der Waals surface area contributed by atoms with E-state index in [-0.39, 0.29) is 11.3 Å². The van der Waals surface area contributed by atoms with Gasteiger partial charge in [-0.05, 0) is 33.3 Å². The topological polar surface area (TPSA) is 90.3 Å². The summed E-state index contributed by atoms with van der Waals surface area (Å²) in [5.41, 5.74) is -0.630. The van der Waals surface area contributed by atoms with Crippen LogP contribution in [0.3, 0.4) is 0 Å². The molecule has 0 atom stereocenters. The van der Waals surface area contributed by atoms with Gasteiger partial charge >= 0.3 is 5.97 Å². The SMILES string of the molecule is CCCn1nc(C(=O)OCC(=O)NC(C)(C)C)c2ccccc2c1=O. The van der Waals surface area contributed by atoms with E-state index in [0.717, 1.165) is 0 Å². The number of hydrogen-bond acceptors (Lipinski definition) is 5. The second kappa shape index (κ2) is 7.46. The Bertz CT molecular complexity index is 850. The van der Waals surface area contributed by atoms with Crippen molar-refractivity contribution >= 4 is 22.6 Å². The Morgan fingerprint density at radius 2 is 1.84 bits per heavy atom. The highest BCUT2D eigenvalue weighted by molar-refractivity contribution is 6.02. The van der Waals surface area contributed by atoms with Crippen molar-refractivity contribution in [2.24, 2.45) is 0 Å². The monoisotopic (exact) mass is 345 g/mol. The lowest BCUT2D eigenvalue weighted by molar-refractivity contribution is -0.125. The van der Waals surface area contributed by atoms with Crippen LogP contribution in [-0.4, -0.2) is 33.8 Å². The first-order chi connectivity index (χ1) is 11.7. The number of nitrogens with one attached hydrogen (secondary N) is 1. The van der Waals surface area contributed by atoms with Crippen LogP contribution in [0.5, 0.6) is 0 Å². The molecule has 1 N–H and O–H groups in total. The second-order valence-electron chi connectivity index (χ2n) is 6.80. The highest BCUT2D eigenvalue weighted by Gasteiger charge is 2.20. The maximum atomic E-state index is 12.4. The molecule has 0 saturated carbocycles. The smallest absolute Gasteiger partial charge is 0.359 e. The molecular weight excluding hydrogens is 322 g/mol. The zero-order chi connectivity index (χ0) is 18.6. The van der Waals surface area contributed by atoms with Crippen LogP contribution in [0.4, 0.5) is 0 Å². The molecule has 2 rings (SSSR count). The number of esters is 1. The third-order valence-electron chi connectivity index (χ3n) is 3.35. The molecule has 1 heterocycles. The average Bonchev–Trinajstić information content (AvgIpc) is 2.54. The van der Waals surface area contributed by atoms with Gasteiger partial charge in [-0.25, -0.2) is 9.48 Å². The van der Waals surface area contributed by atoms with E-state index >= 15 is 0 Å².